The Kier molecular flexibility index (Phi) is 7.14. The minimum Gasteiger partial charge on any atom is -0.469 e. The summed E-state index contributed by atoms with van der Waals surface area (Å²) in [6, 6.07) is 9.76. The molecular formula is C20H25N3O3. The van der Waals surface area contributed by atoms with E-state index in [9.17, 15) is 9.59 Å². The molecule has 0 bridgehead atoms. The summed E-state index contributed by atoms with van der Waals surface area (Å²) in [7, 11) is 1.35. The molecule has 1 amide bonds. The third-order valence-corrected chi connectivity index (χ3v) is 3.75. The number of hydrogen-bond acceptors (Lipinski definition) is 4. The highest BCUT2D eigenvalue weighted by atomic mass is 16.5. The zero-order valence-electron chi connectivity index (χ0n) is 15.5. The molecule has 0 unspecified atom stereocenters. The van der Waals surface area contributed by atoms with Crippen LogP contribution in [0, 0.1) is 5.92 Å². The Morgan fingerprint density at radius 1 is 1.27 bits per heavy atom. The molecule has 26 heavy (non-hydrogen) atoms. The maximum Gasteiger partial charge on any atom is 0.307 e. The molecule has 0 radical (unpaired) electrons. The Balaban J connectivity index is 2.03. The summed E-state index contributed by atoms with van der Waals surface area (Å²) in [4.78, 5) is 25.5. The molecule has 6 nitrogen and oxygen atoms in total. The number of para-hydroxylation sites is 1. The van der Waals surface area contributed by atoms with Crippen LogP contribution in [0.5, 0.6) is 0 Å². The fraction of sp³-hybridized carbons (Fsp3) is 0.350. The molecule has 0 saturated carbocycles. The number of rotatable bonds is 8. The van der Waals surface area contributed by atoms with E-state index in [1.54, 1.807) is 21.9 Å². The van der Waals surface area contributed by atoms with Gasteiger partial charge in [0.05, 0.1) is 25.4 Å². The molecule has 2 aromatic rings. The van der Waals surface area contributed by atoms with Crippen LogP contribution in [-0.2, 0) is 14.3 Å². The average Bonchev–Trinajstić information content (AvgIpc) is 3.12. The van der Waals surface area contributed by atoms with Crippen LogP contribution in [0.15, 0.2) is 48.8 Å². The van der Waals surface area contributed by atoms with Gasteiger partial charge >= 0.3 is 5.97 Å². The average molecular weight is 355 g/mol. The minimum atomic E-state index is -0.320. The van der Waals surface area contributed by atoms with Crippen molar-refractivity contribution in [3.8, 4) is 5.69 Å². The number of esters is 1. The number of nitrogens with zero attached hydrogens (tertiary/aromatic N) is 3. The van der Waals surface area contributed by atoms with Crippen molar-refractivity contribution in [2.24, 2.45) is 5.92 Å². The molecule has 0 spiro atoms. The number of ether oxygens (including phenoxy) is 1. The first kappa shape index (κ1) is 19.4. The third kappa shape index (κ3) is 5.88. The molecule has 0 saturated heterocycles. The van der Waals surface area contributed by atoms with Gasteiger partial charge in [-0.3, -0.25) is 9.59 Å². The number of amides is 1. The van der Waals surface area contributed by atoms with Crippen molar-refractivity contribution in [3.05, 3.63) is 54.4 Å². The Morgan fingerprint density at radius 3 is 2.65 bits per heavy atom. The van der Waals surface area contributed by atoms with Crippen LogP contribution in [0.3, 0.4) is 0 Å². The minimum absolute atomic E-state index is 0.130. The lowest BCUT2D eigenvalue weighted by Crippen LogP contribution is -2.34. The molecule has 138 valence electrons. The van der Waals surface area contributed by atoms with Crippen molar-refractivity contribution in [1.29, 1.82) is 0 Å². The maximum atomic E-state index is 12.5. The summed E-state index contributed by atoms with van der Waals surface area (Å²) in [6.45, 7) is 5.00. The van der Waals surface area contributed by atoms with Gasteiger partial charge < -0.3 is 9.64 Å². The van der Waals surface area contributed by atoms with Gasteiger partial charge in [-0.25, -0.2) is 4.68 Å². The Hall–Kier alpha value is -2.89. The summed E-state index contributed by atoms with van der Waals surface area (Å²) in [5, 5.41) is 4.31. The fourth-order valence-corrected chi connectivity index (χ4v) is 2.48. The van der Waals surface area contributed by atoms with Crippen molar-refractivity contribution in [1.82, 2.24) is 14.7 Å². The van der Waals surface area contributed by atoms with E-state index in [1.807, 2.05) is 50.4 Å². The second-order valence-corrected chi connectivity index (χ2v) is 6.39. The summed E-state index contributed by atoms with van der Waals surface area (Å²) >= 11 is 0. The van der Waals surface area contributed by atoms with Crippen molar-refractivity contribution < 1.29 is 14.3 Å². The topological polar surface area (TPSA) is 64.4 Å². The van der Waals surface area contributed by atoms with Crippen LogP contribution in [-0.4, -0.2) is 46.8 Å². The van der Waals surface area contributed by atoms with Crippen molar-refractivity contribution in [3.63, 3.8) is 0 Å². The van der Waals surface area contributed by atoms with Gasteiger partial charge in [0.25, 0.3) is 0 Å². The summed E-state index contributed by atoms with van der Waals surface area (Å²) in [6.07, 6.45) is 7.01. The third-order valence-electron chi connectivity index (χ3n) is 3.75. The first-order valence-electron chi connectivity index (χ1n) is 8.63. The number of methoxy groups -OCH3 is 1. The van der Waals surface area contributed by atoms with Gasteiger partial charge in [0.1, 0.15) is 0 Å². The van der Waals surface area contributed by atoms with E-state index in [0.29, 0.717) is 19.0 Å². The molecule has 0 aliphatic rings. The van der Waals surface area contributed by atoms with Crippen LogP contribution >= 0.6 is 0 Å². The standard InChI is InChI=1S/C20H25N3O3/c1-16(2)14-22(12-11-20(25)26-3)19(24)10-9-17-13-21-23(15-17)18-7-5-4-6-8-18/h4-10,13,15-16H,11-12,14H2,1-3H3/b10-9+. The molecular weight excluding hydrogens is 330 g/mol. The molecule has 0 aliphatic heterocycles. The van der Waals surface area contributed by atoms with E-state index in [1.165, 1.54) is 13.2 Å². The normalized spacial score (nSPS) is 11.1. The lowest BCUT2D eigenvalue weighted by Gasteiger charge is -2.22. The van der Waals surface area contributed by atoms with Crippen LogP contribution in [0.1, 0.15) is 25.8 Å². The molecule has 2 rings (SSSR count). The highest BCUT2D eigenvalue weighted by Gasteiger charge is 2.14. The Morgan fingerprint density at radius 2 is 2.00 bits per heavy atom. The van der Waals surface area contributed by atoms with Crippen LogP contribution < -0.4 is 0 Å². The smallest absolute Gasteiger partial charge is 0.307 e. The predicted octanol–water partition coefficient (Wildman–Crippen LogP) is 2.93. The van der Waals surface area contributed by atoms with Gasteiger partial charge in [0.15, 0.2) is 0 Å². The van der Waals surface area contributed by atoms with E-state index < -0.39 is 0 Å². The quantitative estimate of drug-likeness (QED) is 0.539. The second-order valence-electron chi connectivity index (χ2n) is 6.39. The van der Waals surface area contributed by atoms with E-state index in [4.69, 9.17) is 0 Å². The highest BCUT2D eigenvalue weighted by Crippen LogP contribution is 2.09. The molecule has 1 heterocycles. The number of carbonyl (C=O) groups excluding carboxylic acids is 2. The maximum absolute atomic E-state index is 12.5. The van der Waals surface area contributed by atoms with E-state index in [-0.39, 0.29) is 18.3 Å². The number of aromatic nitrogens is 2. The highest BCUT2D eigenvalue weighted by molar-refractivity contribution is 5.92. The van der Waals surface area contributed by atoms with Gasteiger partial charge in [-0.05, 0) is 24.1 Å². The van der Waals surface area contributed by atoms with Crippen molar-refractivity contribution in [2.75, 3.05) is 20.2 Å². The van der Waals surface area contributed by atoms with Gasteiger partial charge in [-0.1, -0.05) is 32.0 Å². The summed E-state index contributed by atoms with van der Waals surface area (Å²) < 4.78 is 6.41. The van der Waals surface area contributed by atoms with E-state index >= 15 is 0 Å². The summed E-state index contributed by atoms with van der Waals surface area (Å²) in [5.74, 6) is -0.138. The Bertz CT molecular complexity index is 751. The van der Waals surface area contributed by atoms with E-state index in [2.05, 4.69) is 9.84 Å². The molecule has 0 aliphatic carbocycles. The van der Waals surface area contributed by atoms with Crippen molar-refractivity contribution in [2.45, 2.75) is 20.3 Å². The largest absolute Gasteiger partial charge is 0.469 e. The summed E-state index contributed by atoms with van der Waals surface area (Å²) in [5.41, 5.74) is 1.79. The zero-order valence-corrected chi connectivity index (χ0v) is 15.5. The van der Waals surface area contributed by atoms with Gasteiger partial charge in [0.2, 0.25) is 5.91 Å². The molecule has 0 N–H and O–H groups in total. The molecule has 1 aromatic carbocycles. The first-order chi connectivity index (χ1) is 12.5. The molecule has 0 fully saturated rings. The van der Waals surface area contributed by atoms with Crippen LogP contribution in [0.25, 0.3) is 11.8 Å². The van der Waals surface area contributed by atoms with Crippen LogP contribution in [0.4, 0.5) is 0 Å². The number of carbonyl (C=O) groups is 2. The van der Waals surface area contributed by atoms with E-state index in [0.717, 1.165) is 11.3 Å². The first-order valence-corrected chi connectivity index (χ1v) is 8.63. The second kappa shape index (κ2) is 9.56. The van der Waals surface area contributed by atoms with Crippen LogP contribution in [0.2, 0.25) is 0 Å². The fourth-order valence-electron chi connectivity index (χ4n) is 2.48. The SMILES string of the molecule is COC(=O)CCN(CC(C)C)C(=O)/C=C/c1cnn(-c2ccccc2)c1. The Labute approximate surface area is 154 Å². The van der Waals surface area contributed by atoms with Gasteiger partial charge in [-0.2, -0.15) is 5.10 Å². The number of benzene rings is 1. The lowest BCUT2D eigenvalue weighted by molar-refractivity contribution is -0.141. The zero-order chi connectivity index (χ0) is 18.9. The van der Waals surface area contributed by atoms with Crippen molar-refractivity contribution >= 4 is 18.0 Å². The molecule has 0 atom stereocenters. The number of hydrogen-bond donors (Lipinski definition) is 0. The molecule has 6 heteroatoms. The molecule has 1 aromatic heterocycles. The lowest BCUT2D eigenvalue weighted by atomic mass is 10.2. The predicted molar refractivity (Wildman–Crippen MR) is 101 cm³/mol. The monoisotopic (exact) mass is 355 g/mol. The van der Waals surface area contributed by atoms with Gasteiger partial charge in [-0.15, -0.1) is 0 Å². The van der Waals surface area contributed by atoms with Gasteiger partial charge in [0, 0.05) is 30.9 Å².